The van der Waals surface area contributed by atoms with Crippen LogP contribution in [0, 0.1) is 0 Å². The van der Waals surface area contributed by atoms with Crippen molar-refractivity contribution >= 4 is 40.1 Å². The summed E-state index contributed by atoms with van der Waals surface area (Å²) in [6, 6.07) is 13.8. The average molecular weight is 404 g/mol. The van der Waals surface area contributed by atoms with Crippen molar-refractivity contribution in [3.8, 4) is 0 Å². The highest BCUT2D eigenvalue weighted by Gasteiger charge is 2.11. The van der Waals surface area contributed by atoms with E-state index in [2.05, 4.69) is 16.0 Å². The molecule has 27 heavy (non-hydrogen) atoms. The van der Waals surface area contributed by atoms with E-state index in [1.807, 2.05) is 43.3 Å². The molecule has 6 heteroatoms. The minimum Gasteiger partial charge on any atom is -0.356 e. The first kappa shape index (κ1) is 19.7. The number of para-hydroxylation sites is 2. The topological polar surface area (TPSA) is 46.9 Å². The van der Waals surface area contributed by atoms with Gasteiger partial charge in [-0.25, -0.2) is 4.98 Å². The molecule has 4 nitrogen and oxygen atoms in total. The first-order chi connectivity index (χ1) is 13.1. The Hall–Kier alpha value is -2.04. The molecule has 1 aromatic heterocycles. The third-order valence-electron chi connectivity index (χ3n) is 4.43. The van der Waals surface area contributed by atoms with E-state index >= 15 is 0 Å². The minimum atomic E-state index is 0.113. The van der Waals surface area contributed by atoms with Crippen LogP contribution in [0.25, 0.3) is 11.0 Å². The Labute approximate surface area is 169 Å². The molecule has 142 valence electrons. The highest BCUT2D eigenvalue weighted by Crippen LogP contribution is 2.25. The van der Waals surface area contributed by atoms with E-state index in [1.165, 1.54) is 0 Å². The largest absolute Gasteiger partial charge is 0.356 e. The van der Waals surface area contributed by atoms with Gasteiger partial charge in [-0.1, -0.05) is 48.3 Å². The van der Waals surface area contributed by atoms with Crippen LogP contribution in [0.4, 0.5) is 0 Å². The van der Waals surface area contributed by atoms with Gasteiger partial charge in [-0.3, -0.25) is 4.79 Å². The maximum absolute atomic E-state index is 11.6. The lowest BCUT2D eigenvalue weighted by Crippen LogP contribution is -2.24. The van der Waals surface area contributed by atoms with Gasteiger partial charge in [0.2, 0.25) is 5.91 Å². The van der Waals surface area contributed by atoms with Crippen LogP contribution in [-0.4, -0.2) is 22.0 Å². The van der Waals surface area contributed by atoms with Crippen molar-refractivity contribution in [3.63, 3.8) is 0 Å². The lowest BCUT2D eigenvalue weighted by Gasteiger charge is -2.11. The fourth-order valence-electron chi connectivity index (χ4n) is 3.10. The zero-order chi connectivity index (χ0) is 19.2. The Morgan fingerprint density at radius 2 is 1.96 bits per heavy atom. The van der Waals surface area contributed by atoms with Crippen LogP contribution >= 0.6 is 23.2 Å². The molecule has 0 saturated carbocycles. The monoisotopic (exact) mass is 403 g/mol. The summed E-state index contributed by atoms with van der Waals surface area (Å²) >= 11 is 12.2. The van der Waals surface area contributed by atoms with Crippen molar-refractivity contribution in [2.45, 2.75) is 39.2 Å². The number of nitrogens with zero attached hydrogens (tertiary/aromatic N) is 2. The number of halogens is 2. The van der Waals surface area contributed by atoms with Crippen LogP contribution in [0.2, 0.25) is 10.0 Å². The van der Waals surface area contributed by atoms with E-state index in [4.69, 9.17) is 28.2 Å². The summed E-state index contributed by atoms with van der Waals surface area (Å²) in [6.07, 6.45) is 3.09. The van der Waals surface area contributed by atoms with Gasteiger partial charge in [-0.05, 0) is 42.7 Å². The van der Waals surface area contributed by atoms with E-state index < -0.39 is 0 Å². The van der Waals surface area contributed by atoms with E-state index in [0.717, 1.165) is 41.7 Å². The van der Waals surface area contributed by atoms with Gasteiger partial charge < -0.3 is 9.88 Å². The fraction of sp³-hybridized carbons (Fsp3) is 0.333. The van der Waals surface area contributed by atoms with Crippen LogP contribution in [0.15, 0.2) is 42.5 Å². The third-order valence-corrected chi connectivity index (χ3v) is 5.17. The number of benzene rings is 2. The Kier molecular flexibility index (Phi) is 6.75. The first-order valence-corrected chi connectivity index (χ1v) is 9.99. The minimum absolute atomic E-state index is 0.113. The molecular formula is C21H23Cl2N3O. The van der Waals surface area contributed by atoms with Crippen LogP contribution in [0.5, 0.6) is 0 Å². The Morgan fingerprint density at radius 3 is 2.74 bits per heavy atom. The number of aromatic nitrogens is 2. The standard InChI is InChI=1S/C21H23Cl2N3O/c1-2-6-21(27)24-12-5-9-20-25-18-7-3-4-8-19(18)26(20)14-15-10-11-16(22)17(23)13-15/h3-4,7-8,10-11,13H,2,5-6,9,12,14H2,1H3,(H,24,27). The molecule has 1 N–H and O–H groups in total. The van der Waals surface area contributed by atoms with Crippen molar-refractivity contribution in [2.24, 2.45) is 0 Å². The van der Waals surface area contributed by atoms with E-state index in [-0.39, 0.29) is 5.91 Å². The van der Waals surface area contributed by atoms with E-state index in [1.54, 1.807) is 0 Å². The van der Waals surface area contributed by atoms with Gasteiger partial charge in [0.05, 0.1) is 21.1 Å². The summed E-state index contributed by atoms with van der Waals surface area (Å²) in [5, 5.41) is 4.07. The summed E-state index contributed by atoms with van der Waals surface area (Å²) in [6.45, 7) is 3.34. The van der Waals surface area contributed by atoms with Crippen molar-refractivity contribution in [1.29, 1.82) is 0 Å². The molecule has 0 aliphatic heterocycles. The summed E-state index contributed by atoms with van der Waals surface area (Å²) in [4.78, 5) is 16.4. The molecular weight excluding hydrogens is 381 g/mol. The van der Waals surface area contributed by atoms with Crippen molar-refractivity contribution in [3.05, 3.63) is 63.9 Å². The van der Waals surface area contributed by atoms with Crippen molar-refractivity contribution < 1.29 is 4.79 Å². The highest BCUT2D eigenvalue weighted by atomic mass is 35.5. The molecule has 0 bridgehead atoms. The summed E-state index contributed by atoms with van der Waals surface area (Å²) in [5.41, 5.74) is 3.14. The number of aryl methyl sites for hydroxylation is 1. The molecule has 3 aromatic rings. The number of amides is 1. The molecule has 0 radical (unpaired) electrons. The number of imidazole rings is 1. The zero-order valence-corrected chi connectivity index (χ0v) is 16.9. The molecule has 1 amide bonds. The molecule has 0 unspecified atom stereocenters. The normalized spacial score (nSPS) is 11.1. The van der Waals surface area contributed by atoms with Crippen LogP contribution in [0.1, 0.15) is 37.6 Å². The maximum atomic E-state index is 11.6. The Morgan fingerprint density at radius 1 is 1.15 bits per heavy atom. The second-order valence-corrected chi connectivity index (χ2v) is 7.37. The molecule has 0 aliphatic carbocycles. The number of nitrogens with one attached hydrogen (secondary N) is 1. The number of carbonyl (C=O) groups excluding carboxylic acids is 1. The summed E-state index contributed by atoms with van der Waals surface area (Å²) < 4.78 is 2.21. The van der Waals surface area contributed by atoms with Gasteiger partial charge >= 0.3 is 0 Å². The molecule has 0 fully saturated rings. The predicted molar refractivity (Wildman–Crippen MR) is 112 cm³/mol. The predicted octanol–water partition coefficient (Wildman–Crippen LogP) is 5.24. The number of carbonyl (C=O) groups is 1. The second kappa shape index (κ2) is 9.25. The van der Waals surface area contributed by atoms with Crippen molar-refractivity contribution in [2.75, 3.05) is 6.54 Å². The van der Waals surface area contributed by atoms with Gasteiger partial charge in [-0.2, -0.15) is 0 Å². The SMILES string of the molecule is CCCC(=O)NCCCc1nc2ccccc2n1Cc1ccc(Cl)c(Cl)c1. The highest BCUT2D eigenvalue weighted by molar-refractivity contribution is 6.42. The van der Waals surface area contributed by atoms with Gasteiger partial charge in [0.15, 0.2) is 0 Å². The number of hydrogen-bond acceptors (Lipinski definition) is 2. The third kappa shape index (κ3) is 5.02. The lowest BCUT2D eigenvalue weighted by molar-refractivity contribution is -0.121. The quantitative estimate of drug-likeness (QED) is 0.522. The summed E-state index contributed by atoms with van der Waals surface area (Å²) in [5.74, 6) is 1.12. The maximum Gasteiger partial charge on any atom is 0.219 e. The fourth-order valence-corrected chi connectivity index (χ4v) is 3.42. The van der Waals surface area contributed by atoms with Gasteiger partial charge in [0, 0.05) is 25.9 Å². The van der Waals surface area contributed by atoms with Gasteiger partial charge in [0.25, 0.3) is 0 Å². The number of hydrogen-bond donors (Lipinski definition) is 1. The molecule has 0 spiro atoms. The number of fused-ring (bicyclic) bond motifs is 1. The number of rotatable bonds is 8. The smallest absolute Gasteiger partial charge is 0.219 e. The molecule has 2 aromatic carbocycles. The lowest BCUT2D eigenvalue weighted by atomic mass is 10.2. The Bertz CT molecular complexity index is 936. The van der Waals surface area contributed by atoms with Gasteiger partial charge in [-0.15, -0.1) is 0 Å². The first-order valence-electron chi connectivity index (χ1n) is 9.23. The molecule has 0 atom stereocenters. The average Bonchev–Trinajstić information content (AvgIpc) is 3.00. The summed E-state index contributed by atoms with van der Waals surface area (Å²) in [7, 11) is 0. The van der Waals surface area contributed by atoms with Crippen molar-refractivity contribution in [1.82, 2.24) is 14.9 Å². The van der Waals surface area contributed by atoms with Gasteiger partial charge in [0.1, 0.15) is 5.82 Å². The molecule has 0 saturated heterocycles. The molecule has 0 aliphatic rings. The van der Waals surface area contributed by atoms with Crippen LogP contribution in [-0.2, 0) is 17.8 Å². The van der Waals surface area contributed by atoms with Crippen LogP contribution < -0.4 is 5.32 Å². The Balaban J connectivity index is 1.77. The van der Waals surface area contributed by atoms with E-state index in [9.17, 15) is 4.79 Å². The second-order valence-electron chi connectivity index (χ2n) is 6.55. The molecule has 1 heterocycles. The van der Waals surface area contributed by atoms with E-state index in [0.29, 0.717) is 29.6 Å². The van der Waals surface area contributed by atoms with Crippen LogP contribution in [0.3, 0.4) is 0 Å². The molecule has 3 rings (SSSR count). The zero-order valence-electron chi connectivity index (χ0n) is 15.3.